The van der Waals surface area contributed by atoms with Gasteiger partial charge in [0.2, 0.25) is 0 Å². The first-order chi connectivity index (χ1) is 10.7. The van der Waals surface area contributed by atoms with Crippen molar-refractivity contribution in [1.82, 2.24) is 15.5 Å². The maximum Gasteiger partial charge on any atom is 0.265 e. The van der Waals surface area contributed by atoms with E-state index in [1.54, 1.807) is 18.4 Å². The molecule has 0 unspecified atom stereocenters. The molecular weight excluding hydrogens is 322 g/mol. The van der Waals surface area contributed by atoms with Gasteiger partial charge in [-0.05, 0) is 24.4 Å². The molecule has 0 saturated carbocycles. The van der Waals surface area contributed by atoms with Gasteiger partial charge in [-0.15, -0.1) is 11.3 Å². The molecule has 1 N–H and O–H groups in total. The van der Waals surface area contributed by atoms with E-state index in [1.807, 2.05) is 29.8 Å². The smallest absolute Gasteiger partial charge is 0.265 e. The number of carbonyl (C=O) groups excluding carboxylic acids is 1. The first kappa shape index (κ1) is 14.7. The van der Waals surface area contributed by atoms with E-state index in [0.29, 0.717) is 22.3 Å². The maximum absolute atomic E-state index is 12.2. The summed E-state index contributed by atoms with van der Waals surface area (Å²) in [5.74, 6) is 1.25. The Morgan fingerprint density at radius 3 is 3.09 bits per heavy atom. The molecule has 0 atom stereocenters. The number of amides is 1. The monoisotopic (exact) mass is 335 g/mol. The molecule has 3 aromatic heterocycles. The van der Waals surface area contributed by atoms with Crippen molar-refractivity contribution in [3.05, 3.63) is 38.5 Å². The highest BCUT2D eigenvalue weighted by atomic mass is 32.1. The number of hydrogen-bond donors (Lipinski definition) is 1. The number of thiophene rings is 2. The molecule has 0 spiro atoms. The molecule has 3 aromatic rings. The van der Waals surface area contributed by atoms with Gasteiger partial charge >= 0.3 is 0 Å². The summed E-state index contributed by atoms with van der Waals surface area (Å²) in [7, 11) is 1.55. The summed E-state index contributed by atoms with van der Waals surface area (Å²) in [6.07, 6.45) is 0. The van der Waals surface area contributed by atoms with E-state index in [4.69, 9.17) is 9.26 Å². The minimum Gasteiger partial charge on any atom is -0.495 e. The Hall–Kier alpha value is -2.19. The second kappa shape index (κ2) is 6.29. The van der Waals surface area contributed by atoms with Crippen LogP contribution in [-0.2, 0) is 6.54 Å². The van der Waals surface area contributed by atoms with Crippen molar-refractivity contribution in [2.24, 2.45) is 0 Å². The van der Waals surface area contributed by atoms with Crippen LogP contribution in [0, 0.1) is 6.92 Å². The lowest BCUT2D eigenvalue weighted by Gasteiger charge is -2.02. The van der Waals surface area contributed by atoms with Crippen LogP contribution >= 0.6 is 22.7 Å². The van der Waals surface area contributed by atoms with E-state index in [1.165, 1.54) is 11.3 Å². The van der Waals surface area contributed by atoms with Crippen molar-refractivity contribution in [2.75, 3.05) is 7.11 Å². The number of methoxy groups -OCH3 is 1. The molecule has 1 amide bonds. The number of aryl methyl sites for hydroxylation is 1. The fourth-order valence-corrected chi connectivity index (χ4v) is 3.39. The number of carbonyl (C=O) groups is 1. The topological polar surface area (TPSA) is 77.2 Å². The van der Waals surface area contributed by atoms with Gasteiger partial charge in [-0.1, -0.05) is 5.16 Å². The highest BCUT2D eigenvalue weighted by Crippen LogP contribution is 2.28. The van der Waals surface area contributed by atoms with E-state index in [9.17, 15) is 4.79 Å². The maximum atomic E-state index is 12.2. The summed E-state index contributed by atoms with van der Waals surface area (Å²) in [5.41, 5.74) is 0.880. The largest absolute Gasteiger partial charge is 0.495 e. The quantitative estimate of drug-likeness (QED) is 0.775. The molecule has 22 heavy (non-hydrogen) atoms. The zero-order valence-electron chi connectivity index (χ0n) is 12.0. The molecule has 0 aliphatic rings. The second-order valence-corrected chi connectivity index (χ2v) is 6.50. The van der Waals surface area contributed by atoms with Crippen molar-refractivity contribution in [3.8, 4) is 17.2 Å². The third kappa shape index (κ3) is 3.02. The van der Waals surface area contributed by atoms with Crippen LogP contribution in [0.25, 0.3) is 11.5 Å². The SMILES string of the molecule is COc1cc(C)sc1C(=O)NCc1noc(-c2ccsc2)n1. The van der Waals surface area contributed by atoms with Gasteiger partial charge < -0.3 is 14.6 Å². The third-order valence-corrected chi connectivity index (χ3v) is 4.60. The summed E-state index contributed by atoms with van der Waals surface area (Å²) >= 11 is 2.94. The second-order valence-electron chi connectivity index (χ2n) is 4.47. The van der Waals surface area contributed by atoms with Crippen molar-refractivity contribution >= 4 is 28.6 Å². The number of rotatable bonds is 5. The van der Waals surface area contributed by atoms with Crippen LogP contribution in [0.5, 0.6) is 5.75 Å². The molecule has 0 aliphatic carbocycles. The highest BCUT2D eigenvalue weighted by molar-refractivity contribution is 7.14. The van der Waals surface area contributed by atoms with E-state index in [0.717, 1.165) is 10.4 Å². The minimum absolute atomic E-state index is 0.201. The molecule has 0 bridgehead atoms. The first-order valence-electron chi connectivity index (χ1n) is 6.45. The van der Waals surface area contributed by atoms with Crippen LogP contribution in [-0.4, -0.2) is 23.2 Å². The van der Waals surface area contributed by atoms with Crippen LogP contribution in [0.1, 0.15) is 20.4 Å². The predicted octanol–water partition coefficient (Wildman–Crippen LogP) is 3.11. The molecule has 0 radical (unpaired) electrons. The van der Waals surface area contributed by atoms with Gasteiger partial charge in [0, 0.05) is 10.3 Å². The Morgan fingerprint density at radius 1 is 1.50 bits per heavy atom. The number of nitrogens with zero attached hydrogens (tertiary/aromatic N) is 2. The summed E-state index contributed by atoms with van der Waals surface area (Å²) in [4.78, 5) is 18.0. The number of ether oxygens (including phenoxy) is 1. The average Bonchev–Trinajstić information content (AvgIpc) is 3.24. The third-order valence-electron chi connectivity index (χ3n) is 2.89. The standard InChI is InChI=1S/C14H13N3O3S2/c1-8-5-10(19-2)12(22-8)13(18)15-6-11-16-14(20-17-11)9-3-4-21-7-9/h3-5,7H,6H2,1-2H3,(H,15,18). The van der Waals surface area contributed by atoms with Crippen LogP contribution < -0.4 is 10.1 Å². The summed E-state index contributed by atoms with van der Waals surface area (Å²) in [5, 5.41) is 10.5. The Balaban J connectivity index is 1.66. The van der Waals surface area contributed by atoms with E-state index in [-0.39, 0.29) is 12.5 Å². The summed E-state index contributed by atoms with van der Waals surface area (Å²) < 4.78 is 10.4. The van der Waals surface area contributed by atoms with E-state index in [2.05, 4.69) is 15.5 Å². The summed E-state index contributed by atoms with van der Waals surface area (Å²) in [6, 6.07) is 3.74. The molecule has 3 heterocycles. The molecular formula is C14H13N3O3S2. The normalized spacial score (nSPS) is 10.6. The zero-order chi connectivity index (χ0) is 15.5. The molecule has 114 valence electrons. The Bertz CT molecular complexity index is 777. The van der Waals surface area contributed by atoms with Crippen LogP contribution in [0.4, 0.5) is 0 Å². The van der Waals surface area contributed by atoms with Gasteiger partial charge in [-0.25, -0.2) is 0 Å². The first-order valence-corrected chi connectivity index (χ1v) is 8.21. The van der Waals surface area contributed by atoms with Crippen molar-refractivity contribution in [2.45, 2.75) is 13.5 Å². The van der Waals surface area contributed by atoms with Gasteiger partial charge in [0.05, 0.1) is 19.2 Å². The lowest BCUT2D eigenvalue weighted by molar-refractivity contribution is 0.0951. The molecule has 8 heteroatoms. The van der Waals surface area contributed by atoms with Gasteiger partial charge in [-0.3, -0.25) is 4.79 Å². The van der Waals surface area contributed by atoms with Crippen LogP contribution in [0.2, 0.25) is 0 Å². The minimum atomic E-state index is -0.211. The van der Waals surface area contributed by atoms with Crippen molar-refractivity contribution in [1.29, 1.82) is 0 Å². The van der Waals surface area contributed by atoms with Crippen LogP contribution in [0.3, 0.4) is 0 Å². The molecule has 0 fully saturated rings. The lowest BCUT2D eigenvalue weighted by atomic mass is 10.3. The molecule has 6 nitrogen and oxygen atoms in total. The molecule has 0 aliphatic heterocycles. The molecule has 0 saturated heterocycles. The van der Waals surface area contributed by atoms with Gasteiger partial charge in [0.15, 0.2) is 5.82 Å². The Morgan fingerprint density at radius 2 is 2.36 bits per heavy atom. The molecule has 0 aromatic carbocycles. The predicted molar refractivity (Wildman–Crippen MR) is 84.4 cm³/mol. The number of hydrogen-bond acceptors (Lipinski definition) is 7. The van der Waals surface area contributed by atoms with E-state index < -0.39 is 0 Å². The Labute approximate surface area is 134 Å². The number of nitrogens with one attached hydrogen (secondary N) is 1. The van der Waals surface area contributed by atoms with Gasteiger partial charge in [0.25, 0.3) is 11.8 Å². The lowest BCUT2D eigenvalue weighted by Crippen LogP contribution is -2.22. The van der Waals surface area contributed by atoms with Gasteiger partial charge in [0.1, 0.15) is 10.6 Å². The average molecular weight is 335 g/mol. The summed E-state index contributed by atoms with van der Waals surface area (Å²) in [6.45, 7) is 2.13. The van der Waals surface area contributed by atoms with E-state index >= 15 is 0 Å². The number of aromatic nitrogens is 2. The van der Waals surface area contributed by atoms with Crippen LogP contribution in [0.15, 0.2) is 27.4 Å². The van der Waals surface area contributed by atoms with Crippen molar-refractivity contribution in [3.63, 3.8) is 0 Å². The Kier molecular flexibility index (Phi) is 4.21. The highest BCUT2D eigenvalue weighted by Gasteiger charge is 2.17. The van der Waals surface area contributed by atoms with Gasteiger partial charge in [-0.2, -0.15) is 16.3 Å². The fraction of sp³-hybridized carbons (Fsp3) is 0.214. The fourth-order valence-electron chi connectivity index (χ4n) is 1.87. The zero-order valence-corrected chi connectivity index (χ0v) is 13.6. The van der Waals surface area contributed by atoms with Crippen molar-refractivity contribution < 1.29 is 14.1 Å². The molecule has 3 rings (SSSR count).